The number of ether oxygens (including phenoxy) is 7. The minimum absolute atomic E-state index is 0.0701. The molecule has 0 N–H and O–H groups in total. The lowest BCUT2D eigenvalue weighted by Crippen LogP contribution is -2.59. The van der Waals surface area contributed by atoms with Gasteiger partial charge in [0.15, 0.2) is 31.9 Å². The van der Waals surface area contributed by atoms with Crippen molar-refractivity contribution in [2.75, 3.05) is 27.9 Å². The highest BCUT2D eigenvalue weighted by atomic mass is 79.9. The van der Waals surface area contributed by atoms with Gasteiger partial charge in [-0.1, -0.05) is 36.7 Å². The van der Waals surface area contributed by atoms with Gasteiger partial charge in [0.05, 0.1) is 27.4 Å². The predicted octanol–water partition coefficient (Wildman–Crippen LogP) is 5.26. The van der Waals surface area contributed by atoms with Crippen molar-refractivity contribution in [3.63, 3.8) is 0 Å². The molecule has 0 saturated carbocycles. The molecule has 0 spiro atoms. The highest BCUT2D eigenvalue weighted by molar-refractivity contribution is 9.10. The van der Waals surface area contributed by atoms with Crippen molar-refractivity contribution in [3.8, 4) is 11.5 Å². The van der Waals surface area contributed by atoms with Crippen molar-refractivity contribution >= 4 is 24.2 Å². The average molecular weight is 578 g/mol. The van der Waals surface area contributed by atoms with Crippen molar-refractivity contribution in [3.05, 3.63) is 22.2 Å². The van der Waals surface area contributed by atoms with Crippen molar-refractivity contribution < 1.29 is 37.6 Å². The largest absolute Gasteiger partial charge is 0.493 e. The van der Waals surface area contributed by atoms with Crippen molar-refractivity contribution in [1.82, 2.24) is 0 Å². The number of methoxy groups -OCH3 is 3. The van der Waals surface area contributed by atoms with E-state index >= 15 is 0 Å². The van der Waals surface area contributed by atoms with E-state index in [1.54, 1.807) is 21.3 Å². The Morgan fingerprint density at radius 2 is 1.60 bits per heavy atom. The van der Waals surface area contributed by atoms with Gasteiger partial charge in [0, 0.05) is 11.6 Å². The smallest absolute Gasteiger partial charge is 0.192 e. The molecule has 0 aliphatic carbocycles. The summed E-state index contributed by atoms with van der Waals surface area (Å²) in [5, 5.41) is 0.0701. The van der Waals surface area contributed by atoms with Gasteiger partial charge >= 0.3 is 0 Å². The molecule has 3 rings (SSSR count). The molecule has 0 radical (unpaired) electrons. The molecule has 2 aliphatic heterocycles. The highest BCUT2D eigenvalue weighted by Crippen LogP contribution is 2.42. The van der Waals surface area contributed by atoms with E-state index in [0.717, 1.165) is 10.0 Å². The fourth-order valence-electron chi connectivity index (χ4n) is 4.05. The van der Waals surface area contributed by atoms with Gasteiger partial charge in [-0.25, -0.2) is 0 Å². The molecule has 2 heterocycles. The van der Waals surface area contributed by atoms with Crippen LogP contribution in [0.3, 0.4) is 0 Å². The van der Waals surface area contributed by atoms with Crippen LogP contribution in [-0.2, 0) is 34.7 Å². The van der Waals surface area contributed by atoms with Gasteiger partial charge in [-0.15, -0.1) is 0 Å². The van der Waals surface area contributed by atoms with Crippen LogP contribution < -0.4 is 9.47 Å². The Balaban J connectivity index is 1.86. The lowest BCUT2D eigenvalue weighted by atomic mass is 9.99. The fraction of sp³-hybridized carbons (Fsp3) is 0.760. The molecule has 10 heteroatoms. The van der Waals surface area contributed by atoms with Crippen molar-refractivity contribution in [1.29, 1.82) is 0 Å². The van der Waals surface area contributed by atoms with E-state index in [1.807, 2.05) is 26.0 Å². The summed E-state index contributed by atoms with van der Waals surface area (Å²) < 4.78 is 49.2. The average Bonchev–Trinajstić information content (AvgIpc) is 3.10. The number of fused-ring (bicyclic) bond motifs is 1. The molecular weight excluding hydrogens is 536 g/mol. The first-order chi connectivity index (χ1) is 16.2. The molecule has 0 unspecified atom stereocenters. The highest BCUT2D eigenvalue weighted by Gasteiger charge is 2.56. The summed E-state index contributed by atoms with van der Waals surface area (Å²) in [7, 11) is 2.82. The maximum Gasteiger partial charge on any atom is 0.192 e. The van der Waals surface area contributed by atoms with E-state index in [4.69, 9.17) is 37.6 Å². The van der Waals surface area contributed by atoms with E-state index < -0.39 is 38.7 Å². The molecule has 200 valence electrons. The van der Waals surface area contributed by atoms with Gasteiger partial charge in [-0.2, -0.15) is 0 Å². The van der Waals surface area contributed by atoms with E-state index in [9.17, 15) is 0 Å². The quantitative estimate of drug-likeness (QED) is 0.368. The van der Waals surface area contributed by atoms with Crippen LogP contribution in [0.4, 0.5) is 0 Å². The number of hydrogen-bond acceptors (Lipinski definition) is 8. The second-order valence-electron chi connectivity index (χ2n) is 11.0. The molecule has 35 heavy (non-hydrogen) atoms. The van der Waals surface area contributed by atoms with Crippen LogP contribution in [0.15, 0.2) is 16.6 Å². The first-order valence-corrected chi connectivity index (χ1v) is 15.6. The normalized spacial score (nSPS) is 28.6. The molecule has 5 atom stereocenters. The Morgan fingerprint density at radius 1 is 1.00 bits per heavy atom. The summed E-state index contributed by atoms with van der Waals surface area (Å²) in [6.45, 7) is 15.6. The minimum atomic E-state index is -2.02. The summed E-state index contributed by atoms with van der Waals surface area (Å²) >= 11 is 3.62. The number of benzene rings is 1. The van der Waals surface area contributed by atoms with E-state index in [0.29, 0.717) is 24.7 Å². The van der Waals surface area contributed by atoms with Gasteiger partial charge in [0.2, 0.25) is 0 Å². The van der Waals surface area contributed by atoms with Gasteiger partial charge in [0.25, 0.3) is 0 Å². The van der Waals surface area contributed by atoms with Gasteiger partial charge in [-0.3, -0.25) is 0 Å². The Bertz CT molecular complexity index is 872. The molecule has 2 aliphatic rings. The van der Waals surface area contributed by atoms with Gasteiger partial charge in [-0.05, 0) is 49.7 Å². The van der Waals surface area contributed by atoms with Gasteiger partial charge in [0.1, 0.15) is 24.4 Å². The zero-order valence-electron chi connectivity index (χ0n) is 22.6. The van der Waals surface area contributed by atoms with Crippen LogP contribution in [0, 0.1) is 0 Å². The van der Waals surface area contributed by atoms with Crippen LogP contribution in [0.5, 0.6) is 11.5 Å². The summed E-state index contributed by atoms with van der Waals surface area (Å²) in [6.07, 6.45) is -2.21. The lowest BCUT2D eigenvalue weighted by molar-refractivity contribution is -0.279. The summed E-state index contributed by atoms with van der Waals surface area (Å²) in [4.78, 5) is 0. The van der Waals surface area contributed by atoms with Crippen LogP contribution in [0.25, 0.3) is 0 Å². The second-order valence-corrected chi connectivity index (χ2v) is 16.7. The van der Waals surface area contributed by atoms with Gasteiger partial charge < -0.3 is 37.6 Å². The number of halogens is 1. The van der Waals surface area contributed by atoms with Crippen LogP contribution in [0.2, 0.25) is 18.1 Å². The Morgan fingerprint density at radius 3 is 2.17 bits per heavy atom. The first kappa shape index (κ1) is 28.8. The summed E-state index contributed by atoms with van der Waals surface area (Å²) in [5.74, 6) is 0.490. The molecule has 2 fully saturated rings. The molecule has 0 aromatic heterocycles. The standard InChI is InChI=1S/C25H41BrO8Si/c1-24(2,3)35(9,10)31-14-19-20(21-22(23(29-8)32-19)34-25(4,5)33-21)30-13-15-11-17(27-6)18(28-7)12-16(15)26/h11-12,19-23H,13-14H2,1-10H3/t19-,20-,21+,22+,23+/m1/s1. The third kappa shape index (κ3) is 6.41. The second kappa shape index (κ2) is 10.9. The third-order valence-corrected chi connectivity index (χ3v) is 12.3. The van der Waals surface area contributed by atoms with Crippen LogP contribution >= 0.6 is 15.9 Å². The molecule has 1 aromatic carbocycles. The zero-order chi connectivity index (χ0) is 26.2. The molecule has 0 amide bonds. The summed E-state index contributed by atoms with van der Waals surface area (Å²) in [6, 6.07) is 3.77. The van der Waals surface area contributed by atoms with Crippen molar-refractivity contribution in [2.24, 2.45) is 0 Å². The topological polar surface area (TPSA) is 73.8 Å². The maximum absolute atomic E-state index is 6.54. The third-order valence-electron chi connectivity index (χ3n) is 7.06. The van der Waals surface area contributed by atoms with E-state index in [1.165, 1.54) is 0 Å². The van der Waals surface area contributed by atoms with Crippen LogP contribution in [0.1, 0.15) is 40.2 Å². The predicted molar refractivity (Wildman–Crippen MR) is 138 cm³/mol. The maximum atomic E-state index is 6.54. The lowest BCUT2D eigenvalue weighted by Gasteiger charge is -2.43. The van der Waals surface area contributed by atoms with Crippen LogP contribution in [-0.4, -0.2) is 72.7 Å². The molecule has 2 saturated heterocycles. The molecule has 1 aromatic rings. The Hall–Kier alpha value is -0.723. The Kier molecular flexibility index (Phi) is 9.02. The molecule has 0 bridgehead atoms. The minimum Gasteiger partial charge on any atom is -0.493 e. The SMILES string of the molecule is COc1cc(Br)c(CO[C@H]2[C@@H]3OC(C)(C)O[C@@H]3[C@@H](OC)O[C@@H]2CO[Si](C)(C)C(C)(C)C)cc1OC. The fourth-order valence-corrected chi connectivity index (χ4v) is 5.50. The Labute approximate surface area is 219 Å². The van der Waals surface area contributed by atoms with E-state index in [-0.39, 0.29) is 11.1 Å². The number of rotatable bonds is 9. The molecular formula is C25H41BrO8Si. The first-order valence-electron chi connectivity index (χ1n) is 11.9. The summed E-state index contributed by atoms with van der Waals surface area (Å²) in [5.41, 5.74) is 0.912. The monoisotopic (exact) mass is 576 g/mol. The van der Waals surface area contributed by atoms with E-state index in [2.05, 4.69) is 49.8 Å². The number of hydrogen-bond donors (Lipinski definition) is 0. The zero-order valence-corrected chi connectivity index (χ0v) is 25.2. The molecule has 8 nitrogen and oxygen atoms in total. The van der Waals surface area contributed by atoms with Crippen molar-refractivity contribution in [2.45, 2.75) is 95.9 Å².